The number of hydrogen-bond donors (Lipinski definition) is 1. The fourth-order valence-corrected chi connectivity index (χ4v) is 3.76. The van der Waals surface area contributed by atoms with Gasteiger partial charge < -0.3 is 9.74 Å². The van der Waals surface area contributed by atoms with Crippen molar-refractivity contribution in [2.75, 3.05) is 0 Å². The molecule has 2 fully saturated rings. The fraction of sp³-hybridized carbons (Fsp3) is 0.917. The summed E-state index contributed by atoms with van der Waals surface area (Å²) in [5.74, 6) is 0.332. The molecule has 2 aliphatic rings. The number of piperidine rings is 1. The molecule has 4 heteroatoms. The Morgan fingerprint density at radius 1 is 1.31 bits per heavy atom. The average Bonchev–Trinajstić information content (AvgIpc) is 2.58. The van der Waals surface area contributed by atoms with E-state index in [2.05, 4.69) is 39.2 Å². The summed E-state index contributed by atoms with van der Waals surface area (Å²) in [4.78, 5) is 11.6. The normalized spacial score (nSPS) is 34.3. The van der Waals surface area contributed by atoms with Gasteiger partial charge in [0.1, 0.15) is 0 Å². The first kappa shape index (κ1) is 12.1. The van der Waals surface area contributed by atoms with E-state index < -0.39 is 8.32 Å². The van der Waals surface area contributed by atoms with Crippen molar-refractivity contribution in [1.29, 1.82) is 0 Å². The van der Waals surface area contributed by atoms with Gasteiger partial charge in [-0.1, -0.05) is 20.8 Å². The highest BCUT2D eigenvalue weighted by molar-refractivity contribution is 6.74. The van der Waals surface area contributed by atoms with Crippen LogP contribution in [0.1, 0.15) is 33.6 Å². The van der Waals surface area contributed by atoms with Crippen molar-refractivity contribution >= 4 is 14.2 Å². The second-order valence-corrected chi connectivity index (χ2v) is 11.5. The molecule has 3 nitrogen and oxygen atoms in total. The van der Waals surface area contributed by atoms with Crippen LogP contribution >= 0.6 is 0 Å². The maximum atomic E-state index is 11.6. The molecular weight excluding hydrogens is 218 g/mol. The van der Waals surface area contributed by atoms with Crippen molar-refractivity contribution < 1.29 is 9.22 Å². The Morgan fingerprint density at radius 3 is 2.38 bits per heavy atom. The minimum atomic E-state index is -1.72. The van der Waals surface area contributed by atoms with Crippen molar-refractivity contribution in [3.8, 4) is 0 Å². The lowest BCUT2D eigenvalue weighted by Gasteiger charge is -2.40. The summed E-state index contributed by atoms with van der Waals surface area (Å²) in [6.45, 7) is 11.2. The molecule has 1 aliphatic carbocycles. The quantitative estimate of drug-likeness (QED) is 0.753. The molecule has 1 aliphatic heterocycles. The van der Waals surface area contributed by atoms with E-state index in [1.54, 1.807) is 0 Å². The molecule has 0 aromatic carbocycles. The molecule has 1 saturated carbocycles. The second kappa shape index (κ2) is 3.57. The molecule has 0 unspecified atom stereocenters. The van der Waals surface area contributed by atoms with E-state index in [0.29, 0.717) is 6.04 Å². The van der Waals surface area contributed by atoms with Crippen molar-refractivity contribution in [2.45, 2.75) is 63.9 Å². The zero-order valence-electron chi connectivity index (χ0n) is 11.0. The largest absolute Gasteiger partial charge is 0.413 e. The van der Waals surface area contributed by atoms with Gasteiger partial charge in [-0.15, -0.1) is 0 Å². The Morgan fingerprint density at radius 2 is 1.94 bits per heavy atom. The van der Waals surface area contributed by atoms with Crippen LogP contribution in [0.2, 0.25) is 18.1 Å². The number of carbonyl (C=O) groups is 1. The van der Waals surface area contributed by atoms with Crippen LogP contribution in [0, 0.1) is 5.92 Å². The van der Waals surface area contributed by atoms with Gasteiger partial charge in [0.05, 0.1) is 12.0 Å². The predicted octanol–water partition coefficient (Wildman–Crippen LogP) is 2.29. The Bertz CT molecular complexity index is 309. The van der Waals surface area contributed by atoms with E-state index in [-0.39, 0.29) is 23.0 Å². The van der Waals surface area contributed by atoms with Crippen molar-refractivity contribution in [2.24, 2.45) is 5.92 Å². The Labute approximate surface area is 99.1 Å². The molecule has 2 rings (SSSR count). The molecule has 0 aromatic heterocycles. The summed E-state index contributed by atoms with van der Waals surface area (Å²) < 4.78 is 6.35. The summed E-state index contributed by atoms with van der Waals surface area (Å²) in [5.41, 5.74) is 0. The average molecular weight is 241 g/mol. The number of amides is 1. The molecular formula is C12H23NO2Si. The molecule has 1 saturated heterocycles. The van der Waals surface area contributed by atoms with E-state index in [9.17, 15) is 4.79 Å². The molecule has 0 aromatic rings. The van der Waals surface area contributed by atoms with Crippen LogP contribution in [0.5, 0.6) is 0 Å². The number of nitrogens with one attached hydrogen (secondary N) is 1. The lowest BCUT2D eigenvalue weighted by molar-refractivity contribution is -0.126. The van der Waals surface area contributed by atoms with Gasteiger partial charge in [-0.05, 0) is 31.0 Å². The zero-order chi connectivity index (χ0) is 12.1. The summed E-state index contributed by atoms with van der Waals surface area (Å²) >= 11 is 0. The van der Waals surface area contributed by atoms with Crippen LogP contribution in [0.3, 0.4) is 0 Å². The monoisotopic (exact) mass is 241 g/mol. The van der Waals surface area contributed by atoms with Crippen LogP contribution in [0.15, 0.2) is 0 Å². The molecule has 0 radical (unpaired) electrons. The Balaban J connectivity index is 2.04. The molecule has 1 heterocycles. The van der Waals surface area contributed by atoms with E-state index in [4.69, 9.17) is 4.43 Å². The third-order valence-corrected chi connectivity index (χ3v) is 8.94. The van der Waals surface area contributed by atoms with Gasteiger partial charge in [-0.3, -0.25) is 4.79 Å². The van der Waals surface area contributed by atoms with Crippen LogP contribution in [-0.4, -0.2) is 26.4 Å². The highest BCUT2D eigenvalue weighted by Crippen LogP contribution is 2.42. The smallest absolute Gasteiger partial charge is 0.225 e. The van der Waals surface area contributed by atoms with Crippen LogP contribution in [0.25, 0.3) is 0 Å². The summed E-state index contributed by atoms with van der Waals surface area (Å²) in [7, 11) is -1.72. The van der Waals surface area contributed by atoms with Crippen molar-refractivity contribution in [1.82, 2.24) is 5.32 Å². The van der Waals surface area contributed by atoms with Gasteiger partial charge >= 0.3 is 0 Å². The second-order valence-electron chi connectivity index (χ2n) is 6.70. The minimum absolute atomic E-state index is 0.124. The maximum Gasteiger partial charge on any atom is 0.225 e. The minimum Gasteiger partial charge on any atom is -0.413 e. The summed E-state index contributed by atoms with van der Waals surface area (Å²) in [6.07, 6.45) is 2.18. The number of hydrogen-bond acceptors (Lipinski definition) is 2. The molecule has 16 heavy (non-hydrogen) atoms. The van der Waals surface area contributed by atoms with Gasteiger partial charge in [0.15, 0.2) is 8.32 Å². The highest BCUT2D eigenvalue weighted by atomic mass is 28.4. The third-order valence-electron chi connectivity index (χ3n) is 4.44. The number of fused-ring (bicyclic) bond motifs is 2. The maximum absolute atomic E-state index is 11.6. The predicted molar refractivity (Wildman–Crippen MR) is 66.7 cm³/mol. The lowest BCUT2D eigenvalue weighted by atomic mass is 10.1. The van der Waals surface area contributed by atoms with E-state index >= 15 is 0 Å². The first-order valence-corrected chi connectivity index (χ1v) is 9.10. The molecule has 0 spiro atoms. The van der Waals surface area contributed by atoms with Crippen LogP contribution in [0.4, 0.5) is 0 Å². The number of carbonyl (C=O) groups excluding carboxylic acids is 1. The van der Waals surface area contributed by atoms with Crippen molar-refractivity contribution in [3.63, 3.8) is 0 Å². The first-order valence-electron chi connectivity index (χ1n) is 6.19. The van der Waals surface area contributed by atoms with Crippen LogP contribution < -0.4 is 5.32 Å². The van der Waals surface area contributed by atoms with Gasteiger partial charge in [-0.25, -0.2) is 0 Å². The van der Waals surface area contributed by atoms with E-state index in [0.717, 1.165) is 12.8 Å². The SMILES string of the molecule is CC(C)(C)[Si](C)(C)O[C@@H]1C[C@@H]2C[C@H]1C(=O)N2. The molecule has 1 N–H and O–H groups in total. The summed E-state index contributed by atoms with van der Waals surface area (Å²) in [5, 5.41) is 3.23. The van der Waals surface area contributed by atoms with Crippen molar-refractivity contribution in [3.05, 3.63) is 0 Å². The highest BCUT2D eigenvalue weighted by Gasteiger charge is 2.49. The fourth-order valence-electron chi connectivity index (χ4n) is 2.39. The third kappa shape index (κ3) is 1.93. The Kier molecular flexibility index (Phi) is 2.70. The lowest BCUT2D eigenvalue weighted by Crippen LogP contribution is -2.48. The molecule has 3 atom stereocenters. The summed E-state index contributed by atoms with van der Waals surface area (Å²) in [6, 6.07) is 0.382. The van der Waals surface area contributed by atoms with Gasteiger partial charge in [0, 0.05) is 6.04 Å². The molecule has 1 amide bonds. The molecule has 92 valence electrons. The molecule has 2 bridgehead atoms. The zero-order valence-corrected chi connectivity index (χ0v) is 12.0. The topological polar surface area (TPSA) is 38.3 Å². The van der Waals surface area contributed by atoms with E-state index in [1.807, 2.05) is 0 Å². The standard InChI is InChI=1S/C12H23NO2Si/c1-12(2,3)16(4,5)15-10-7-8-6-9(10)11(14)13-8/h8-10H,6-7H2,1-5H3,(H,13,14)/t8-,9+,10+/m0/s1. The van der Waals surface area contributed by atoms with Crippen LogP contribution in [-0.2, 0) is 9.22 Å². The Hall–Kier alpha value is -0.353. The first-order chi connectivity index (χ1) is 7.21. The van der Waals surface area contributed by atoms with Gasteiger partial charge in [0.25, 0.3) is 0 Å². The number of rotatable bonds is 2. The van der Waals surface area contributed by atoms with E-state index in [1.165, 1.54) is 0 Å². The van der Waals surface area contributed by atoms with Gasteiger partial charge in [-0.2, -0.15) is 0 Å². The van der Waals surface area contributed by atoms with Gasteiger partial charge in [0.2, 0.25) is 5.91 Å².